The Labute approximate surface area is 211 Å². The number of rotatable bonds is 8. The third-order valence-electron chi connectivity index (χ3n) is 5.81. The van der Waals surface area contributed by atoms with Gasteiger partial charge in [0.25, 0.3) is 15.9 Å². The molecule has 1 heterocycles. The Morgan fingerprint density at radius 3 is 2.17 bits per heavy atom. The van der Waals surface area contributed by atoms with Crippen LogP contribution in [0.4, 0.5) is 11.4 Å². The molecule has 9 nitrogen and oxygen atoms in total. The van der Waals surface area contributed by atoms with Crippen molar-refractivity contribution in [2.75, 3.05) is 30.2 Å². The van der Waals surface area contributed by atoms with Crippen molar-refractivity contribution in [1.29, 1.82) is 0 Å². The monoisotopic (exact) mass is 529 g/mol. The van der Waals surface area contributed by atoms with Gasteiger partial charge in [-0.3, -0.25) is 9.52 Å². The van der Waals surface area contributed by atoms with Crippen molar-refractivity contribution >= 4 is 37.3 Å². The summed E-state index contributed by atoms with van der Waals surface area (Å²) in [6.07, 6.45) is 1.60. The Hall–Kier alpha value is -3.41. The molecule has 1 aliphatic heterocycles. The number of ether oxygens (including phenoxy) is 1. The summed E-state index contributed by atoms with van der Waals surface area (Å²) in [4.78, 5) is 13.1. The zero-order valence-electron chi connectivity index (χ0n) is 19.9. The van der Waals surface area contributed by atoms with E-state index in [0.717, 1.165) is 18.4 Å². The highest BCUT2D eigenvalue weighted by Crippen LogP contribution is 2.27. The number of carbonyl (C=O) groups excluding carboxylic acids is 1. The first-order valence-corrected chi connectivity index (χ1v) is 14.2. The van der Waals surface area contributed by atoms with E-state index >= 15 is 0 Å². The van der Waals surface area contributed by atoms with Crippen molar-refractivity contribution in [2.24, 2.45) is 0 Å². The molecule has 0 saturated carbocycles. The number of benzene rings is 3. The van der Waals surface area contributed by atoms with Gasteiger partial charge in [0.15, 0.2) is 0 Å². The normalized spacial score (nSPS) is 14.4. The van der Waals surface area contributed by atoms with E-state index in [1.54, 1.807) is 18.2 Å². The van der Waals surface area contributed by atoms with Gasteiger partial charge < -0.3 is 10.1 Å². The van der Waals surface area contributed by atoms with Crippen molar-refractivity contribution in [3.63, 3.8) is 0 Å². The average molecular weight is 530 g/mol. The van der Waals surface area contributed by atoms with Crippen LogP contribution in [0.2, 0.25) is 0 Å². The number of nitrogens with one attached hydrogen (secondary N) is 2. The quantitative estimate of drug-likeness (QED) is 0.457. The van der Waals surface area contributed by atoms with Crippen LogP contribution in [-0.2, 0) is 20.0 Å². The number of sulfonamides is 2. The first-order valence-electron chi connectivity index (χ1n) is 11.3. The van der Waals surface area contributed by atoms with E-state index in [-0.39, 0.29) is 21.1 Å². The predicted octanol–water partition coefficient (Wildman–Crippen LogP) is 3.84. The van der Waals surface area contributed by atoms with E-state index in [2.05, 4.69) is 10.0 Å². The molecule has 0 spiro atoms. The summed E-state index contributed by atoms with van der Waals surface area (Å²) in [5, 5.41) is 2.67. The molecule has 11 heteroatoms. The van der Waals surface area contributed by atoms with Gasteiger partial charge in [-0.2, -0.15) is 4.31 Å². The van der Waals surface area contributed by atoms with Gasteiger partial charge >= 0.3 is 0 Å². The van der Waals surface area contributed by atoms with Gasteiger partial charge in [0.05, 0.1) is 22.5 Å². The van der Waals surface area contributed by atoms with E-state index in [9.17, 15) is 21.6 Å². The van der Waals surface area contributed by atoms with Crippen molar-refractivity contribution in [3.8, 4) is 5.75 Å². The van der Waals surface area contributed by atoms with E-state index in [4.69, 9.17) is 4.74 Å². The summed E-state index contributed by atoms with van der Waals surface area (Å²) in [5.74, 6) is -0.367. The number of hydrogen-bond acceptors (Lipinski definition) is 6. The second kappa shape index (κ2) is 10.3. The number of amides is 1. The number of nitrogens with zero attached hydrogens (tertiary/aromatic N) is 1. The van der Waals surface area contributed by atoms with Gasteiger partial charge in [0.1, 0.15) is 5.75 Å². The van der Waals surface area contributed by atoms with E-state index < -0.39 is 26.0 Å². The maximum absolute atomic E-state index is 13.0. The Morgan fingerprint density at radius 1 is 0.861 bits per heavy atom. The van der Waals surface area contributed by atoms with Gasteiger partial charge in [-0.1, -0.05) is 12.1 Å². The minimum atomic E-state index is -3.82. The number of hydrogen-bond donors (Lipinski definition) is 2. The minimum absolute atomic E-state index is 0.0130. The highest BCUT2D eigenvalue weighted by atomic mass is 32.2. The molecule has 0 unspecified atom stereocenters. The second-order valence-electron chi connectivity index (χ2n) is 8.43. The van der Waals surface area contributed by atoms with Gasteiger partial charge in [-0.05, 0) is 79.9 Å². The van der Waals surface area contributed by atoms with Crippen molar-refractivity contribution in [1.82, 2.24) is 4.31 Å². The molecule has 190 valence electrons. The van der Waals surface area contributed by atoms with Crippen molar-refractivity contribution in [2.45, 2.75) is 29.6 Å². The molecule has 1 fully saturated rings. The van der Waals surface area contributed by atoms with E-state index in [1.165, 1.54) is 53.9 Å². The standard InChI is InChI=1S/C25H27N3O6S2/c1-18-6-5-7-20(16-18)27-35(30,31)21-10-8-19(9-11-21)26-25(29)23-17-22(12-13-24(23)34-2)36(32,33)28-14-3-4-15-28/h5-13,16-17,27H,3-4,14-15H2,1-2H3,(H,26,29). The van der Waals surface area contributed by atoms with Crippen LogP contribution in [0.1, 0.15) is 28.8 Å². The Morgan fingerprint density at radius 2 is 1.53 bits per heavy atom. The van der Waals surface area contributed by atoms with Gasteiger partial charge in [0, 0.05) is 24.5 Å². The zero-order chi connectivity index (χ0) is 25.9. The molecule has 0 aliphatic carbocycles. The molecule has 1 saturated heterocycles. The smallest absolute Gasteiger partial charge is 0.261 e. The molecule has 0 bridgehead atoms. The first-order chi connectivity index (χ1) is 17.1. The summed E-state index contributed by atoms with van der Waals surface area (Å²) in [6, 6.07) is 16.8. The van der Waals surface area contributed by atoms with Crippen LogP contribution in [0.5, 0.6) is 5.75 Å². The summed E-state index contributed by atoms with van der Waals surface area (Å²) in [7, 11) is -6.15. The topological polar surface area (TPSA) is 122 Å². The molecule has 0 atom stereocenters. The SMILES string of the molecule is COc1ccc(S(=O)(=O)N2CCCC2)cc1C(=O)Nc1ccc(S(=O)(=O)Nc2cccc(C)c2)cc1. The molecule has 0 aromatic heterocycles. The van der Waals surface area contributed by atoms with Crippen LogP contribution >= 0.6 is 0 Å². The Balaban J connectivity index is 1.53. The van der Waals surface area contributed by atoms with Crippen molar-refractivity contribution in [3.05, 3.63) is 77.9 Å². The van der Waals surface area contributed by atoms with Crippen LogP contribution in [0.3, 0.4) is 0 Å². The molecule has 1 aliphatic rings. The van der Waals surface area contributed by atoms with Crippen LogP contribution in [-0.4, -0.2) is 47.2 Å². The van der Waals surface area contributed by atoms with E-state index in [1.807, 2.05) is 13.0 Å². The molecule has 1 amide bonds. The lowest BCUT2D eigenvalue weighted by atomic mass is 10.2. The third kappa shape index (κ3) is 5.53. The summed E-state index contributed by atoms with van der Waals surface area (Å²) in [6.45, 7) is 2.76. The third-order valence-corrected chi connectivity index (χ3v) is 9.10. The fraction of sp³-hybridized carbons (Fsp3) is 0.240. The van der Waals surface area contributed by atoms with Gasteiger partial charge in [0.2, 0.25) is 10.0 Å². The molecule has 3 aromatic carbocycles. The number of anilines is 2. The lowest BCUT2D eigenvalue weighted by molar-refractivity contribution is 0.102. The molecular formula is C25H27N3O6S2. The Kier molecular flexibility index (Phi) is 7.34. The minimum Gasteiger partial charge on any atom is -0.496 e. The summed E-state index contributed by atoms with van der Waals surface area (Å²) in [5.41, 5.74) is 1.75. The maximum Gasteiger partial charge on any atom is 0.261 e. The lowest BCUT2D eigenvalue weighted by Gasteiger charge is -2.17. The summed E-state index contributed by atoms with van der Waals surface area (Å²) >= 11 is 0. The molecule has 36 heavy (non-hydrogen) atoms. The van der Waals surface area contributed by atoms with Gasteiger partial charge in [-0.15, -0.1) is 0 Å². The molecule has 4 rings (SSSR count). The number of aryl methyl sites for hydroxylation is 1. The van der Waals surface area contributed by atoms with Crippen LogP contribution in [0, 0.1) is 6.92 Å². The second-order valence-corrected chi connectivity index (χ2v) is 12.0. The van der Waals surface area contributed by atoms with E-state index in [0.29, 0.717) is 24.5 Å². The Bertz CT molecular complexity index is 1480. The predicted molar refractivity (Wildman–Crippen MR) is 137 cm³/mol. The van der Waals surface area contributed by atoms with Crippen molar-refractivity contribution < 1.29 is 26.4 Å². The fourth-order valence-corrected chi connectivity index (χ4v) is 6.53. The molecule has 3 aromatic rings. The molecular weight excluding hydrogens is 502 g/mol. The lowest BCUT2D eigenvalue weighted by Crippen LogP contribution is -2.28. The largest absolute Gasteiger partial charge is 0.496 e. The number of carbonyl (C=O) groups is 1. The maximum atomic E-state index is 13.0. The first kappa shape index (κ1) is 25.7. The molecule has 2 N–H and O–H groups in total. The highest BCUT2D eigenvalue weighted by Gasteiger charge is 2.28. The average Bonchev–Trinajstić information content (AvgIpc) is 3.40. The van der Waals surface area contributed by atoms with Gasteiger partial charge in [-0.25, -0.2) is 16.8 Å². The highest BCUT2D eigenvalue weighted by molar-refractivity contribution is 7.92. The summed E-state index contributed by atoms with van der Waals surface area (Å²) < 4.78 is 60.5. The van der Waals surface area contributed by atoms with Crippen LogP contribution in [0.25, 0.3) is 0 Å². The van der Waals surface area contributed by atoms with Crippen LogP contribution in [0.15, 0.2) is 76.5 Å². The molecule has 0 radical (unpaired) electrons. The fourth-order valence-electron chi connectivity index (χ4n) is 3.94. The number of methoxy groups -OCH3 is 1. The zero-order valence-corrected chi connectivity index (χ0v) is 21.5. The van der Waals surface area contributed by atoms with Crippen LogP contribution < -0.4 is 14.8 Å².